The van der Waals surface area contributed by atoms with Crippen LogP contribution in [0.2, 0.25) is 0 Å². The SMILES string of the molecule is CC1CCC(Nc2snc(N)c2C2CC2)C(C)C1. The fraction of sp³-hybridized carbons (Fsp3) is 0.786. The molecule has 0 amide bonds. The molecule has 2 aliphatic carbocycles. The Morgan fingerprint density at radius 2 is 2.00 bits per heavy atom. The van der Waals surface area contributed by atoms with E-state index in [0.29, 0.717) is 12.0 Å². The molecule has 0 aliphatic heterocycles. The van der Waals surface area contributed by atoms with E-state index in [9.17, 15) is 0 Å². The van der Waals surface area contributed by atoms with Gasteiger partial charge in [-0.2, -0.15) is 4.37 Å². The Kier molecular flexibility index (Phi) is 3.22. The van der Waals surface area contributed by atoms with Crippen LogP contribution >= 0.6 is 11.5 Å². The maximum Gasteiger partial charge on any atom is 0.142 e. The van der Waals surface area contributed by atoms with E-state index in [1.54, 1.807) is 11.5 Å². The lowest BCUT2D eigenvalue weighted by atomic mass is 9.80. The molecule has 0 radical (unpaired) electrons. The van der Waals surface area contributed by atoms with Gasteiger partial charge in [-0.05, 0) is 61.4 Å². The molecule has 0 saturated heterocycles. The fourth-order valence-corrected chi connectivity index (χ4v) is 4.09. The zero-order valence-electron chi connectivity index (χ0n) is 11.3. The van der Waals surface area contributed by atoms with E-state index in [1.807, 2.05) is 0 Å². The zero-order chi connectivity index (χ0) is 12.7. The molecule has 100 valence electrons. The van der Waals surface area contributed by atoms with Gasteiger partial charge in [0.1, 0.15) is 10.8 Å². The molecule has 1 aromatic rings. The summed E-state index contributed by atoms with van der Waals surface area (Å²) >= 11 is 1.55. The Hall–Kier alpha value is -0.770. The number of hydrogen-bond acceptors (Lipinski definition) is 4. The largest absolute Gasteiger partial charge is 0.383 e. The number of nitrogens with zero attached hydrogens (tertiary/aromatic N) is 1. The molecule has 2 saturated carbocycles. The monoisotopic (exact) mass is 265 g/mol. The molecular weight excluding hydrogens is 242 g/mol. The van der Waals surface area contributed by atoms with Crippen molar-refractivity contribution in [3.05, 3.63) is 5.56 Å². The third kappa shape index (κ3) is 2.35. The normalized spacial score (nSPS) is 32.4. The van der Waals surface area contributed by atoms with Crippen molar-refractivity contribution < 1.29 is 0 Å². The average molecular weight is 265 g/mol. The van der Waals surface area contributed by atoms with Gasteiger partial charge >= 0.3 is 0 Å². The van der Waals surface area contributed by atoms with Crippen LogP contribution in [0, 0.1) is 11.8 Å². The Morgan fingerprint density at radius 1 is 1.22 bits per heavy atom. The Balaban J connectivity index is 1.72. The van der Waals surface area contributed by atoms with Gasteiger partial charge in [0, 0.05) is 11.6 Å². The highest BCUT2D eigenvalue weighted by Crippen LogP contribution is 2.48. The molecule has 3 N–H and O–H groups in total. The number of rotatable bonds is 3. The Bertz CT molecular complexity index is 425. The van der Waals surface area contributed by atoms with Gasteiger partial charge in [-0.1, -0.05) is 13.8 Å². The van der Waals surface area contributed by atoms with Gasteiger partial charge in [0.15, 0.2) is 0 Å². The Labute approximate surface area is 113 Å². The summed E-state index contributed by atoms with van der Waals surface area (Å²) in [5.41, 5.74) is 7.31. The van der Waals surface area contributed by atoms with Gasteiger partial charge in [-0.15, -0.1) is 0 Å². The highest BCUT2D eigenvalue weighted by Gasteiger charge is 2.32. The number of nitrogens with one attached hydrogen (secondary N) is 1. The lowest BCUT2D eigenvalue weighted by Crippen LogP contribution is -2.32. The first-order chi connectivity index (χ1) is 8.65. The average Bonchev–Trinajstić information content (AvgIpc) is 3.08. The minimum atomic E-state index is 0.610. The highest BCUT2D eigenvalue weighted by molar-refractivity contribution is 7.10. The minimum absolute atomic E-state index is 0.610. The second-order valence-electron chi connectivity index (χ2n) is 6.23. The molecule has 3 rings (SSSR count). The van der Waals surface area contributed by atoms with Crippen LogP contribution in [-0.4, -0.2) is 10.4 Å². The van der Waals surface area contributed by atoms with Crippen molar-refractivity contribution in [2.24, 2.45) is 11.8 Å². The number of hydrogen-bond donors (Lipinski definition) is 2. The highest BCUT2D eigenvalue weighted by atomic mass is 32.1. The molecule has 4 heteroatoms. The number of anilines is 2. The van der Waals surface area contributed by atoms with Crippen molar-refractivity contribution in [1.82, 2.24) is 4.37 Å². The second kappa shape index (κ2) is 4.72. The molecule has 3 unspecified atom stereocenters. The van der Waals surface area contributed by atoms with Crippen LogP contribution in [0.15, 0.2) is 0 Å². The van der Waals surface area contributed by atoms with E-state index in [0.717, 1.165) is 17.7 Å². The van der Waals surface area contributed by atoms with Crippen molar-refractivity contribution in [3.63, 3.8) is 0 Å². The van der Waals surface area contributed by atoms with Gasteiger partial charge in [-0.25, -0.2) is 0 Å². The number of aromatic nitrogens is 1. The van der Waals surface area contributed by atoms with Crippen LogP contribution in [0.5, 0.6) is 0 Å². The van der Waals surface area contributed by atoms with Crippen LogP contribution in [-0.2, 0) is 0 Å². The molecule has 0 aromatic carbocycles. The number of nitrogens with two attached hydrogens (primary N) is 1. The first kappa shape index (κ1) is 12.3. The molecule has 0 bridgehead atoms. The predicted molar refractivity (Wildman–Crippen MR) is 78.1 cm³/mol. The molecule has 3 nitrogen and oxygen atoms in total. The molecule has 2 aliphatic rings. The first-order valence-electron chi connectivity index (χ1n) is 7.16. The summed E-state index contributed by atoms with van der Waals surface area (Å²) in [5, 5.41) is 4.99. The van der Waals surface area contributed by atoms with Crippen molar-refractivity contribution >= 4 is 22.4 Å². The molecule has 3 atom stereocenters. The molecule has 2 fully saturated rings. The molecule has 1 aromatic heterocycles. The maximum absolute atomic E-state index is 6.00. The van der Waals surface area contributed by atoms with Gasteiger partial charge in [0.2, 0.25) is 0 Å². The second-order valence-corrected chi connectivity index (χ2v) is 7.00. The smallest absolute Gasteiger partial charge is 0.142 e. The predicted octanol–water partition coefficient (Wildman–Crippen LogP) is 3.84. The summed E-state index contributed by atoms with van der Waals surface area (Å²) in [6.45, 7) is 4.74. The van der Waals surface area contributed by atoms with Gasteiger partial charge < -0.3 is 11.1 Å². The van der Waals surface area contributed by atoms with Crippen LogP contribution in [0.25, 0.3) is 0 Å². The standard InChI is InChI=1S/C14H23N3S/c1-8-3-6-11(9(2)7-8)16-14-12(10-4-5-10)13(15)17-18-14/h8-11,16H,3-7H2,1-2H3,(H2,15,17). The molecular formula is C14H23N3S. The summed E-state index contributed by atoms with van der Waals surface area (Å²) < 4.78 is 4.34. The quantitative estimate of drug-likeness (QED) is 0.873. The van der Waals surface area contributed by atoms with E-state index in [1.165, 1.54) is 42.7 Å². The summed E-state index contributed by atoms with van der Waals surface area (Å²) in [4.78, 5) is 0. The van der Waals surface area contributed by atoms with E-state index < -0.39 is 0 Å². The number of nitrogen functional groups attached to an aromatic ring is 1. The van der Waals surface area contributed by atoms with E-state index >= 15 is 0 Å². The molecule has 18 heavy (non-hydrogen) atoms. The van der Waals surface area contributed by atoms with Crippen molar-refractivity contribution in [2.45, 2.75) is 57.9 Å². The summed E-state index contributed by atoms with van der Waals surface area (Å²) in [6, 6.07) is 0.610. The van der Waals surface area contributed by atoms with Gasteiger partial charge in [0.25, 0.3) is 0 Å². The Morgan fingerprint density at radius 3 is 2.67 bits per heavy atom. The topological polar surface area (TPSA) is 50.9 Å². The van der Waals surface area contributed by atoms with Crippen LogP contribution in [0.3, 0.4) is 0 Å². The summed E-state index contributed by atoms with van der Waals surface area (Å²) in [5.74, 6) is 3.09. The van der Waals surface area contributed by atoms with Gasteiger partial charge in [-0.3, -0.25) is 0 Å². The van der Waals surface area contributed by atoms with Crippen molar-refractivity contribution in [1.29, 1.82) is 0 Å². The third-order valence-electron chi connectivity index (χ3n) is 4.49. The lowest BCUT2D eigenvalue weighted by Gasteiger charge is -2.33. The minimum Gasteiger partial charge on any atom is -0.383 e. The zero-order valence-corrected chi connectivity index (χ0v) is 12.1. The van der Waals surface area contributed by atoms with Crippen LogP contribution in [0.4, 0.5) is 10.8 Å². The van der Waals surface area contributed by atoms with Gasteiger partial charge in [0.05, 0.1) is 0 Å². The van der Waals surface area contributed by atoms with E-state index in [4.69, 9.17) is 5.73 Å². The van der Waals surface area contributed by atoms with E-state index in [2.05, 4.69) is 23.5 Å². The molecule has 0 spiro atoms. The van der Waals surface area contributed by atoms with Crippen LogP contribution < -0.4 is 11.1 Å². The van der Waals surface area contributed by atoms with E-state index in [-0.39, 0.29) is 0 Å². The maximum atomic E-state index is 6.00. The lowest BCUT2D eigenvalue weighted by molar-refractivity contribution is 0.277. The van der Waals surface area contributed by atoms with Crippen molar-refractivity contribution in [3.8, 4) is 0 Å². The fourth-order valence-electron chi connectivity index (χ4n) is 3.23. The first-order valence-corrected chi connectivity index (χ1v) is 7.94. The van der Waals surface area contributed by atoms with Crippen molar-refractivity contribution in [2.75, 3.05) is 11.1 Å². The third-order valence-corrected chi connectivity index (χ3v) is 5.30. The summed E-state index contributed by atoms with van der Waals surface area (Å²) in [7, 11) is 0. The van der Waals surface area contributed by atoms with Crippen LogP contribution in [0.1, 0.15) is 57.4 Å². The molecule has 1 heterocycles. The summed E-state index contributed by atoms with van der Waals surface area (Å²) in [6.07, 6.45) is 6.53.